The Balaban J connectivity index is 1.92. The van der Waals surface area contributed by atoms with E-state index in [1.165, 1.54) is 18.2 Å². The fraction of sp³-hybridized carbons (Fsp3) is 0.462. The van der Waals surface area contributed by atoms with Crippen molar-refractivity contribution in [1.29, 1.82) is 0 Å². The number of rotatable bonds is 3. The maximum Gasteiger partial charge on any atom is 0.236 e. The zero-order valence-corrected chi connectivity index (χ0v) is 11.2. The van der Waals surface area contributed by atoms with E-state index in [9.17, 15) is 9.18 Å². The van der Waals surface area contributed by atoms with E-state index in [4.69, 9.17) is 22.1 Å². The van der Waals surface area contributed by atoms with E-state index >= 15 is 0 Å². The lowest BCUT2D eigenvalue weighted by molar-refractivity contribution is -0.131. The van der Waals surface area contributed by atoms with Crippen LogP contribution >= 0.6 is 11.6 Å². The fourth-order valence-corrected chi connectivity index (χ4v) is 2.26. The number of nitrogens with zero attached hydrogens (tertiary/aromatic N) is 1. The normalized spacial score (nSPS) is 16.5. The summed E-state index contributed by atoms with van der Waals surface area (Å²) >= 11 is 5.94. The molecular formula is C13H16ClFN2O2. The molecule has 1 heterocycles. The zero-order valence-electron chi connectivity index (χ0n) is 10.4. The molecule has 1 fully saturated rings. The molecule has 0 spiro atoms. The third kappa shape index (κ3) is 3.58. The molecule has 1 saturated heterocycles. The van der Waals surface area contributed by atoms with Gasteiger partial charge in [0.2, 0.25) is 5.91 Å². The van der Waals surface area contributed by atoms with Gasteiger partial charge in [-0.2, -0.15) is 0 Å². The molecular weight excluding hydrogens is 271 g/mol. The summed E-state index contributed by atoms with van der Waals surface area (Å²) in [6, 6.07) is 4.04. The minimum atomic E-state index is -0.379. The molecule has 19 heavy (non-hydrogen) atoms. The van der Waals surface area contributed by atoms with Gasteiger partial charge in [0.15, 0.2) is 0 Å². The Morgan fingerprint density at radius 3 is 2.79 bits per heavy atom. The molecule has 0 aromatic heterocycles. The van der Waals surface area contributed by atoms with Crippen LogP contribution in [0.1, 0.15) is 12.8 Å². The summed E-state index contributed by atoms with van der Waals surface area (Å²) in [5.74, 6) is -0.0809. The number of likely N-dealkylation sites (tertiary alicyclic amines) is 1. The van der Waals surface area contributed by atoms with E-state index in [1.807, 2.05) is 0 Å². The van der Waals surface area contributed by atoms with Crippen molar-refractivity contribution < 1.29 is 13.9 Å². The Morgan fingerprint density at radius 2 is 2.16 bits per heavy atom. The van der Waals surface area contributed by atoms with Crippen LogP contribution in [0.4, 0.5) is 4.39 Å². The monoisotopic (exact) mass is 286 g/mol. The molecule has 0 radical (unpaired) electrons. The van der Waals surface area contributed by atoms with Crippen LogP contribution in [0.5, 0.6) is 5.75 Å². The van der Waals surface area contributed by atoms with Gasteiger partial charge in [0.1, 0.15) is 17.7 Å². The lowest BCUT2D eigenvalue weighted by Gasteiger charge is -2.32. The first-order valence-electron chi connectivity index (χ1n) is 6.19. The molecule has 1 aromatic rings. The van der Waals surface area contributed by atoms with Gasteiger partial charge < -0.3 is 15.4 Å². The third-order valence-electron chi connectivity index (χ3n) is 3.16. The van der Waals surface area contributed by atoms with Gasteiger partial charge in [0, 0.05) is 32.0 Å². The van der Waals surface area contributed by atoms with E-state index in [-0.39, 0.29) is 24.4 Å². The number of benzene rings is 1. The standard InChI is InChI=1S/C13H16ClFN2O2/c14-11-2-1-9(15)7-12(11)19-10-3-5-17(6-4-10)13(18)8-16/h1-2,7,10H,3-6,8,16H2. The van der Waals surface area contributed by atoms with Crippen LogP contribution in [0.2, 0.25) is 5.02 Å². The number of carbonyl (C=O) groups excluding carboxylic acids is 1. The first-order valence-corrected chi connectivity index (χ1v) is 6.57. The second-order valence-corrected chi connectivity index (χ2v) is 4.88. The lowest BCUT2D eigenvalue weighted by Crippen LogP contribution is -2.44. The van der Waals surface area contributed by atoms with E-state index < -0.39 is 0 Å². The van der Waals surface area contributed by atoms with E-state index in [0.29, 0.717) is 36.7 Å². The van der Waals surface area contributed by atoms with Crippen LogP contribution in [0.15, 0.2) is 18.2 Å². The van der Waals surface area contributed by atoms with Gasteiger partial charge in [-0.15, -0.1) is 0 Å². The minimum absolute atomic E-state index is 0.0290. The largest absolute Gasteiger partial charge is 0.489 e. The Kier molecular flexibility index (Phi) is 4.61. The SMILES string of the molecule is NCC(=O)N1CCC(Oc2cc(F)ccc2Cl)CC1. The number of piperidine rings is 1. The van der Waals surface area contributed by atoms with Crippen LogP contribution in [0.25, 0.3) is 0 Å². The number of hydrogen-bond donors (Lipinski definition) is 1. The highest BCUT2D eigenvalue weighted by Gasteiger charge is 2.23. The van der Waals surface area contributed by atoms with E-state index in [0.717, 1.165) is 0 Å². The predicted molar refractivity (Wildman–Crippen MR) is 70.7 cm³/mol. The second kappa shape index (κ2) is 6.21. The average Bonchev–Trinajstić information content (AvgIpc) is 2.43. The molecule has 0 aliphatic carbocycles. The van der Waals surface area contributed by atoms with Crippen molar-refractivity contribution in [2.24, 2.45) is 5.73 Å². The van der Waals surface area contributed by atoms with Gasteiger partial charge in [0.25, 0.3) is 0 Å². The quantitative estimate of drug-likeness (QED) is 0.922. The molecule has 0 atom stereocenters. The Labute approximate surface area is 116 Å². The number of nitrogens with two attached hydrogens (primary N) is 1. The van der Waals surface area contributed by atoms with E-state index in [1.54, 1.807) is 4.90 Å². The maximum absolute atomic E-state index is 13.1. The molecule has 2 N–H and O–H groups in total. The highest BCUT2D eigenvalue weighted by molar-refractivity contribution is 6.32. The summed E-state index contributed by atoms with van der Waals surface area (Å²) in [6.45, 7) is 1.24. The van der Waals surface area contributed by atoms with Gasteiger partial charge >= 0.3 is 0 Å². The maximum atomic E-state index is 13.1. The molecule has 1 aliphatic rings. The summed E-state index contributed by atoms with van der Waals surface area (Å²) in [5, 5.41) is 0.391. The summed E-state index contributed by atoms with van der Waals surface area (Å²) in [6.07, 6.45) is 1.33. The molecule has 4 nitrogen and oxygen atoms in total. The van der Waals surface area contributed by atoms with Crippen LogP contribution in [0, 0.1) is 5.82 Å². The zero-order chi connectivity index (χ0) is 13.8. The van der Waals surface area contributed by atoms with Crippen molar-refractivity contribution in [2.45, 2.75) is 18.9 Å². The number of ether oxygens (including phenoxy) is 1. The molecule has 1 aromatic carbocycles. The van der Waals surface area contributed by atoms with Crippen molar-refractivity contribution >= 4 is 17.5 Å². The summed E-state index contributed by atoms with van der Waals surface area (Å²) < 4.78 is 18.8. The highest BCUT2D eigenvalue weighted by Crippen LogP contribution is 2.28. The van der Waals surface area contributed by atoms with E-state index in [2.05, 4.69) is 0 Å². The number of carbonyl (C=O) groups is 1. The van der Waals surface area contributed by atoms with Gasteiger partial charge in [-0.1, -0.05) is 11.6 Å². The Bertz CT molecular complexity index is 462. The van der Waals surface area contributed by atoms with Gasteiger partial charge in [0.05, 0.1) is 11.6 Å². The first kappa shape index (κ1) is 14.1. The van der Waals surface area contributed by atoms with Crippen LogP contribution in [0.3, 0.4) is 0 Å². The average molecular weight is 287 g/mol. The molecule has 0 unspecified atom stereocenters. The fourth-order valence-electron chi connectivity index (χ4n) is 2.10. The van der Waals surface area contributed by atoms with Crippen molar-refractivity contribution in [3.05, 3.63) is 29.0 Å². The van der Waals surface area contributed by atoms with Crippen molar-refractivity contribution in [3.63, 3.8) is 0 Å². The van der Waals surface area contributed by atoms with Crippen molar-refractivity contribution in [2.75, 3.05) is 19.6 Å². The topological polar surface area (TPSA) is 55.6 Å². The molecule has 1 amide bonds. The van der Waals surface area contributed by atoms with Crippen molar-refractivity contribution in [1.82, 2.24) is 4.90 Å². The molecule has 0 saturated carbocycles. The minimum Gasteiger partial charge on any atom is -0.489 e. The highest BCUT2D eigenvalue weighted by atomic mass is 35.5. The molecule has 1 aliphatic heterocycles. The first-order chi connectivity index (χ1) is 9.10. The predicted octanol–water partition coefficient (Wildman–Crippen LogP) is 1.81. The molecule has 2 rings (SSSR count). The summed E-state index contributed by atoms with van der Waals surface area (Å²) in [4.78, 5) is 13.1. The Hall–Kier alpha value is -1.33. The molecule has 6 heteroatoms. The second-order valence-electron chi connectivity index (χ2n) is 4.48. The number of amides is 1. The van der Waals surface area contributed by atoms with Gasteiger partial charge in [-0.05, 0) is 12.1 Å². The number of halogens is 2. The van der Waals surface area contributed by atoms with Gasteiger partial charge in [-0.3, -0.25) is 4.79 Å². The van der Waals surface area contributed by atoms with Crippen LogP contribution in [-0.4, -0.2) is 36.5 Å². The lowest BCUT2D eigenvalue weighted by atomic mass is 10.1. The molecule has 0 bridgehead atoms. The number of hydrogen-bond acceptors (Lipinski definition) is 3. The van der Waals surface area contributed by atoms with Crippen LogP contribution < -0.4 is 10.5 Å². The molecule has 104 valence electrons. The smallest absolute Gasteiger partial charge is 0.236 e. The van der Waals surface area contributed by atoms with Gasteiger partial charge in [-0.25, -0.2) is 4.39 Å². The van der Waals surface area contributed by atoms with Crippen molar-refractivity contribution in [3.8, 4) is 5.75 Å². The third-order valence-corrected chi connectivity index (χ3v) is 3.47. The van der Waals surface area contributed by atoms with Crippen LogP contribution in [-0.2, 0) is 4.79 Å². The Morgan fingerprint density at radius 1 is 1.47 bits per heavy atom. The summed E-state index contributed by atoms with van der Waals surface area (Å²) in [5.41, 5.74) is 5.32. The summed E-state index contributed by atoms with van der Waals surface area (Å²) in [7, 11) is 0.